The summed E-state index contributed by atoms with van der Waals surface area (Å²) in [5, 5.41) is 26.7. The molecule has 1 fully saturated rings. The number of allylic oxidation sites excluding steroid dienone is 4. The van der Waals surface area contributed by atoms with E-state index in [0.717, 1.165) is 61.1 Å². The third kappa shape index (κ3) is 27.0. The first-order chi connectivity index (χ1) is 35.6. The van der Waals surface area contributed by atoms with E-state index in [1.165, 1.54) is 104 Å². The predicted molar refractivity (Wildman–Crippen MR) is 283 cm³/mol. The number of unbranched alkanes of at least 4 members (excludes halogenated alkanes) is 16. The second-order valence-corrected chi connectivity index (χ2v) is 24.5. The first kappa shape index (κ1) is 66.3. The van der Waals surface area contributed by atoms with Crippen LogP contribution in [-0.4, -0.2) is 123 Å². The number of nitrogens with zero attached hydrogens (tertiary/aromatic N) is 4. The molecule has 1 aliphatic heterocycles. The van der Waals surface area contributed by atoms with E-state index in [4.69, 9.17) is 19.5 Å². The van der Waals surface area contributed by atoms with Crippen LogP contribution >= 0.6 is 35.2 Å². The highest BCUT2D eigenvalue weighted by Gasteiger charge is 2.50. The molecule has 0 saturated carbocycles. The van der Waals surface area contributed by atoms with Gasteiger partial charge in [0.15, 0.2) is 22.8 Å². The Morgan fingerprint density at radius 2 is 1.40 bits per heavy atom. The number of fused-ring (bicyclic) bond motifs is 1. The molecule has 428 valence electrons. The largest absolute Gasteiger partial charge is 0.481 e. The Labute approximate surface area is 444 Å². The number of imidazole rings is 1. The van der Waals surface area contributed by atoms with Crippen molar-refractivity contribution in [2.24, 2.45) is 5.41 Å². The Bertz CT molecular complexity index is 2240. The molecule has 0 spiro atoms. The molecule has 0 bridgehead atoms. The SMILES string of the molecule is CCCCCCCCC/C=C/C/C=C/CCCCCCCCCCCC(=O)SCCNC(=O)CCNC(=O)C(O)C(C)(C)COP(=O)(O)OP(=O)(O)OCC1OC(n2cnc3c(N)ncnc32)C(O)C1OP(=O)(O)O. The standard InChI is InChI=1S/C47H82N7O17P3S/c1-4-5-6-7-8-9-10-11-12-13-14-15-16-17-18-19-20-21-22-23-24-25-26-27-38(56)75-31-30-49-37(55)28-29-50-45(59)42(58)47(2,3)33-68-74(65,66)71-73(63,64)67-32-36-41(70-72(60,61)62)40(57)46(69-36)54-35-53-39-43(48)51-34-52-44(39)54/h12-13,15-16,34-36,40-42,46,57-58H,4-11,14,17-33H2,1-3H3,(H,49,55)(H,50,59)(H,63,64)(H,65,66)(H2,48,51,52)(H2,60,61,62)/b13-12+,16-15+. The van der Waals surface area contributed by atoms with Crippen LogP contribution in [0.3, 0.4) is 0 Å². The highest BCUT2D eigenvalue weighted by Crippen LogP contribution is 2.61. The number of nitrogens with one attached hydrogen (secondary N) is 2. The molecule has 7 atom stereocenters. The van der Waals surface area contributed by atoms with Gasteiger partial charge in [0.05, 0.1) is 19.5 Å². The summed E-state index contributed by atoms with van der Waals surface area (Å²) in [5.41, 5.74) is 4.29. The molecule has 1 aliphatic rings. The lowest BCUT2D eigenvalue weighted by Crippen LogP contribution is -2.46. The minimum Gasteiger partial charge on any atom is -0.386 e. The Kier molecular flexibility index (Phi) is 30.8. The van der Waals surface area contributed by atoms with Crippen LogP contribution in [0.15, 0.2) is 37.0 Å². The van der Waals surface area contributed by atoms with Gasteiger partial charge in [-0.1, -0.05) is 140 Å². The van der Waals surface area contributed by atoms with Gasteiger partial charge >= 0.3 is 23.5 Å². The maximum absolute atomic E-state index is 12.8. The first-order valence-electron chi connectivity index (χ1n) is 25.9. The van der Waals surface area contributed by atoms with Gasteiger partial charge in [-0.3, -0.25) is 32.5 Å². The van der Waals surface area contributed by atoms with Gasteiger partial charge in [-0.05, 0) is 38.5 Å². The van der Waals surface area contributed by atoms with E-state index in [2.05, 4.69) is 65.6 Å². The lowest BCUT2D eigenvalue weighted by atomic mass is 9.87. The zero-order chi connectivity index (χ0) is 55.3. The van der Waals surface area contributed by atoms with Gasteiger partial charge in [-0.2, -0.15) is 4.31 Å². The average molecular weight is 1140 g/mol. The van der Waals surface area contributed by atoms with Crippen LogP contribution < -0.4 is 16.4 Å². The van der Waals surface area contributed by atoms with E-state index in [-0.39, 0.29) is 41.6 Å². The van der Waals surface area contributed by atoms with Gasteiger partial charge in [0.2, 0.25) is 11.8 Å². The smallest absolute Gasteiger partial charge is 0.386 e. The van der Waals surface area contributed by atoms with Crippen LogP contribution in [0.25, 0.3) is 11.2 Å². The molecule has 3 rings (SSSR count). The minimum atomic E-state index is -5.58. The number of phosphoric acid groups is 3. The molecule has 0 radical (unpaired) electrons. The fourth-order valence-electron chi connectivity index (χ4n) is 7.86. The fourth-order valence-corrected chi connectivity index (χ4v) is 11.4. The summed E-state index contributed by atoms with van der Waals surface area (Å²) in [6, 6.07) is 0. The van der Waals surface area contributed by atoms with Crippen molar-refractivity contribution in [1.82, 2.24) is 30.2 Å². The third-order valence-electron chi connectivity index (χ3n) is 12.1. The number of phosphoric ester groups is 3. The summed E-state index contributed by atoms with van der Waals surface area (Å²) < 4.78 is 62.6. The molecule has 0 aromatic carbocycles. The summed E-state index contributed by atoms with van der Waals surface area (Å²) in [6.07, 6.45) is 25.9. The van der Waals surface area contributed by atoms with Crippen LogP contribution in [0.1, 0.15) is 162 Å². The number of rotatable bonds is 41. The summed E-state index contributed by atoms with van der Waals surface area (Å²) in [7, 11) is -16.4. The van der Waals surface area contributed by atoms with Gasteiger partial charge in [0, 0.05) is 37.1 Å². The monoisotopic (exact) mass is 1140 g/mol. The molecule has 3 heterocycles. The number of amides is 2. The second kappa shape index (κ2) is 34.8. The number of carbonyl (C=O) groups excluding carboxylic acids is 3. The number of hydrogen-bond donors (Lipinski definition) is 9. The van der Waals surface area contributed by atoms with Crippen molar-refractivity contribution in [2.75, 3.05) is 37.8 Å². The molecule has 28 heteroatoms. The number of aliphatic hydroxyl groups excluding tert-OH is 2. The summed E-state index contributed by atoms with van der Waals surface area (Å²) in [6.45, 7) is 2.83. The molecule has 7 unspecified atom stereocenters. The fraction of sp³-hybridized carbons (Fsp3) is 0.745. The van der Waals surface area contributed by atoms with Gasteiger partial charge in [0.25, 0.3) is 0 Å². The van der Waals surface area contributed by atoms with Crippen molar-refractivity contribution in [2.45, 2.75) is 186 Å². The van der Waals surface area contributed by atoms with E-state index in [1.807, 2.05) is 0 Å². The number of aromatic nitrogens is 4. The highest BCUT2D eigenvalue weighted by molar-refractivity contribution is 8.13. The number of thioether (sulfide) groups is 1. The van der Waals surface area contributed by atoms with Gasteiger partial charge in [-0.15, -0.1) is 0 Å². The molecular formula is C47H82N7O17P3S. The number of nitrogens with two attached hydrogens (primary N) is 1. The summed E-state index contributed by atoms with van der Waals surface area (Å²) in [5.74, 6) is -1.03. The molecule has 24 nitrogen and oxygen atoms in total. The van der Waals surface area contributed by atoms with E-state index in [0.29, 0.717) is 12.2 Å². The van der Waals surface area contributed by atoms with Gasteiger partial charge < -0.3 is 50.9 Å². The molecule has 0 aliphatic carbocycles. The minimum absolute atomic E-state index is 0.0334. The second-order valence-electron chi connectivity index (χ2n) is 19.1. The summed E-state index contributed by atoms with van der Waals surface area (Å²) in [4.78, 5) is 88.6. The van der Waals surface area contributed by atoms with Crippen LogP contribution in [0.4, 0.5) is 5.82 Å². The lowest BCUT2D eigenvalue weighted by molar-refractivity contribution is -0.137. The number of carbonyl (C=O) groups is 3. The third-order valence-corrected chi connectivity index (χ3v) is 16.1. The number of hydrogen-bond acceptors (Lipinski definition) is 18. The lowest BCUT2D eigenvalue weighted by Gasteiger charge is -2.30. The Balaban J connectivity index is 1.21. The quantitative estimate of drug-likeness (QED) is 0.0176. The predicted octanol–water partition coefficient (Wildman–Crippen LogP) is 7.60. The molecule has 2 amide bonds. The molecule has 2 aromatic rings. The summed E-state index contributed by atoms with van der Waals surface area (Å²) >= 11 is 1.15. The highest BCUT2D eigenvalue weighted by atomic mass is 32.2. The Morgan fingerprint density at radius 1 is 0.813 bits per heavy atom. The van der Waals surface area contributed by atoms with Crippen molar-refractivity contribution in [3.05, 3.63) is 37.0 Å². The van der Waals surface area contributed by atoms with Crippen LogP contribution in [0.2, 0.25) is 0 Å². The maximum Gasteiger partial charge on any atom is 0.481 e. The first-order valence-corrected chi connectivity index (χ1v) is 31.4. The van der Waals surface area contributed by atoms with E-state index in [9.17, 15) is 57.9 Å². The van der Waals surface area contributed by atoms with Gasteiger partial charge in [-0.25, -0.2) is 28.6 Å². The number of ether oxygens (including phenoxy) is 1. The Morgan fingerprint density at radius 3 is 2.01 bits per heavy atom. The van der Waals surface area contributed by atoms with Gasteiger partial charge in [0.1, 0.15) is 36.3 Å². The van der Waals surface area contributed by atoms with Crippen LogP contribution in [0.5, 0.6) is 0 Å². The maximum atomic E-state index is 12.8. The molecular weight excluding hydrogens is 1060 g/mol. The van der Waals surface area contributed by atoms with E-state index < -0.39 is 84.6 Å². The zero-order valence-electron chi connectivity index (χ0n) is 43.5. The van der Waals surface area contributed by atoms with Crippen molar-refractivity contribution in [3.63, 3.8) is 0 Å². The topological polar surface area (TPSA) is 364 Å². The van der Waals surface area contributed by atoms with Crippen molar-refractivity contribution in [3.8, 4) is 0 Å². The van der Waals surface area contributed by atoms with Crippen molar-refractivity contribution in [1.29, 1.82) is 0 Å². The molecule has 2 aromatic heterocycles. The molecule has 75 heavy (non-hydrogen) atoms. The number of anilines is 1. The van der Waals surface area contributed by atoms with E-state index in [1.54, 1.807) is 0 Å². The van der Waals surface area contributed by atoms with Crippen LogP contribution in [-0.2, 0) is 50.7 Å². The average Bonchev–Trinajstić information content (AvgIpc) is 3.91. The molecule has 1 saturated heterocycles. The van der Waals surface area contributed by atoms with E-state index >= 15 is 0 Å². The normalized spacial score (nSPS) is 19.4. The Hall–Kier alpha value is -2.96. The van der Waals surface area contributed by atoms with Crippen molar-refractivity contribution < 1.29 is 80.5 Å². The number of aliphatic hydroxyl groups is 2. The number of nitrogen functional groups attached to an aromatic ring is 1. The molecule has 10 N–H and O–H groups in total. The van der Waals surface area contributed by atoms with Crippen LogP contribution in [0, 0.1) is 5.41 Å². The zero-order valence-corrected chi connectivity index (χ0v) is 47.0. The van der Waals surface area contributed by atoms with Crippen molar-refractivity contribution >= 4 is 69.1 Å².